The molecule has 2 rings (SSSR count). The molecule has 0 fully saturated rings. The predicted molar refractivity (Wildman–Crippen MR) is 61.5 cm³/mol. The van der Waals surface area contributed by atoms with E-state index in [1.54, 1.807) is 0 Å². The maximum absolute atomic E-state index is 2.24. The van der Waals surface area contributed by atoms with Gasteiger partial charge in [0, 0.05) is 13.8 Å². The van der Waals surface area contributed by atoms with Crippen LogP contribution in [0, 0.1) is 13.8 Å². The first-order chi connectivity index (χ1) is 7.13. The molecule has 16 heavy (non-hydrogen) atoms. The Morgan fingerprint density at radius 3 is 2.06 bits per heavy atom. The third-order valence-electron chi connectivity index (χ3n) is 3.20. The Kier molecular flexibility index (Phi) is 4.13. The summed E-state index contributed by atoms with van der Waals surface area (Å²) in [6.45, 7) is 4.31. The van der Waals surface area contributed by atoms with Crippen LogP contribution in [0.3, 0.4) is 0 Å². The molecule has 3 heteroatoms. The summed E-state index contributed by atoms with van der Waals surface area (Å²) < 4.78 is 4.48. The molecule has 0 radical (unpaired) electrons. The lowest BCUT2D eigenvalue weighted by atomic mass is 10.2. The van der Waals surface area contributed by atoms with E-state index in [0.29, 0.717) is 0 Å². The van der Waals surface area contributed by atoms with Crippen molar-refractivity contribution < 1.29 is 28.5 Å². The monoisotopic (exact) mass is 328 g/mol. The number of hydrogen-bond acceptors (Lipinski definition) is 0. The van der Waals surface area contributed by atoms with Crippen LogP contribution in [0.2, 0.25) is 0 Å². The van der Waals surface area contributed by atoms with Gasteiger partial charge in [-0.1, -0.05) is 18.2 Å². The van der Waals surface area contributed by atoms with Crippen LogP contribution in [-0.4, -0.2) is 4.57 Å². The Bertz CT molecular complexity index is 461. The fourth-order valence-electron chi connectivity index (χ4n) is 2.00. The molecule has 2 nitrogen and oxygen atoms in total. The predicted octanol–water partition coefficient (Wildman–Crippen LogP) is -0.863. The first kappa shape index (κ1) is 13.2. The molecular formula is C13H17IN2. The average molecular weight is 328 g/mol. The molecule has 0 saturated carbocycles. The summed E-state index contributed by atoms with van der Waals surface area (Å²) in [4.78, 5) is 0. The van der Waals surface area contributed by atoms with Crippen LogP contribution < -0.4 is 28.5 Å². The molecule has 0 aliphatic carbocycles. The first-order valence-corrected chi connectivity index (χ1v) is 5.20. The van der Waals surface area contributed by atoms with Crippen LogP contribution in [0.5, 0.6) is 0 Å². The highest BCUT2D eigenvalue weighted by molar-refractivity contribution is 5.53. The second-order valence-electron chi connectivity index (χ2n) is 3.98. The summed E-state index contributed by atoms with van der Waals surface area (Å²) in [5.41, 5.74) is 3.89. The average Bonchev–Trinajstić information content (AvgIpc) is 2.45. The van der Waals surface area contributed by atoms with Crippen LogP contribution >= 0.6 is 0 Å². The van der Waals surface area contributed by atoms with Crippen molar-refractivity contribution in [1.82, 2.24) is 4.57 Å². The summed E-state index contributed by atoms with van der Waals surface area (Å²) in [5.74, 6) is 1.26. The van der Waals surface area contributed by atoms with Gasteiger partial charge in [0.15, 0.2) is 0 Å². The number of imidazole rings is 1. The minimum atomic E-state index is 0. The number of benzene rings is 1. The van der Waals surface area contributed by atoms with E-state index in [9.17, 15) is 0 Å². The molecule has 86 valence electrons. The summed E-state index contributed by atoms with van der Waals surface area (Å²) in [6.07, 6.45) is 0. The molecule has 1 heterocycles. The SMILES string of the molecule is Cc1c(C)[n+](C)c(-c2ccccc2)n1C.[I-]. The van der Waals surface area contributed by atoms with Gasteiger partial charge in [-0.3, -0.25) is 0 Å². The van der Waals surface area contributed by atoms with Gasteiger partial charge in [-0.05, 0) is 12.1 Å². The van der Waals surface area contributed by atoms with E-state index in [2.05, 4.69) is 61.3 Å². The second kappa shape index (κ2) is 4.99. The molecule has 0 aliphatic rings. The molecule has 0 atom stereocenters. The van der Waals surface area contributed by atoms with Crippen molar-refractivity contribution in [3.8, 4) is 11.4 Å². The lowest BCUT2D eigenvalue weighted by Gasteiger charge is -1.98. The highest BCUT2D eigenvalue weighted by atomic mass is 127. The van der Waals surface area contributed by atoms with E-state index >= 15 is 0 Å². The van der Waals surface area contributed by atoms with E-state index in [0.717, 1.165) is 0 Å². The standard InChI is InChI=1S/C13H17N2.HI/c1-10-11(2)15(4)13(14(10)3)12-8-6-5-7-9-12;/h5-9H,1-4H3;1H/q+1;/p-1. The molecule has 0 spiro atoms. The van der Waals surface area contributed by atoms with Gasteiger partial charge in [0.1, 0.15) is 11.4 Å². The van der Waals surface area contributed by atoms with Gasteiger partial charge in [0.25, 0.3) is 5.82 Å². The number of hydrogen-bond donors (Lipinski definition) is 0. The molecule has 0 aliphatic heterocycles. The van der Waals surface area contributed by atoms with Crippen LogP contribution in [0.15, 0.2) is 30.3 Å². The Morgan fingerprint density at radius 1 is 1.06 bits per heavy atom. The minimum Gasteiger partial charge on any atom is -1.00 e. The Balaban J connectivity index is 0.00000128. The van der Waals surface area contributed by atoms with Gasteiger partial charge >= 0.3 is 0 Å². The van der Waals surface area contributed by atoms with Crippen molar-refractivity contribution in [3.63, 3.8) is 0 Å². The largest absolute Gasteiger partial charge is 1.00 e. The third kappa shape index (κ3) is 2.00. The molecule has 0 amide bonds. The van der Waals surface area contributed by atoms with E-state index in [1.807, 2.05) is 6.07 Å². The van der Waals surface area contributed by atoms with Gasteiger partial charge in [-0.15, -0.1) is 0 Å². The van der Waals surface area contributed by atoms with Crippen molar-refractivity contribution in [1.29, 1.82) is 0 Å². The van der Waals surface area contributed by atoms with Crippen LogP contribution in [0.4, 0.5) is 0 Å². The Labute approximate surface area is 114 Å². The van der Waals surface area contributed by atoms with Crippen LogP contribution in [-0.2, 0) is 14.1 Å². The molecule has 0 bridgehead atoms. The molecule has 1 aromatic carbocycles. The van der Waals surface area contributed by atoms with Gasteiger partial charge in [-0.25, -0.2) is 9.13 Å². The maximum atomic E-state index is 2.24. The number of aromatic nitrogens is 2. The maximum Gasteiger partial charge on any atom is 0.288 e. The molecule has 2 aromatic rings. The summed E-state index contributed by atoms with van der Waals surface area (Å²) in [7, 11) is 4.23. The van der Waals surface area contributed by atoms with Crippen molar-refractivity contribution in [2.45, 2.75) is 13.8 Å². The lowest BCUT2D eigenvalue weighted by Crippen LogP contribution is -3.00. The van der Waals surface area contributed by atoms with E-state index in [4.69, 9.17) is 0 Å². The van der Waals surface area contributed by atoms with E-state index < -0.39 is 0 Å². The van der Waals surface area contributed by atoms with E-state index in [1.165, 1.54) is 22.8 Å². The summed E-state index contributed by atoms with van der Waals surface area (Å²) >= 11 is 0. The normalized spacial score (nSPS) is 10.0. The van der Waals surface area contributed by atoms with Crippen molar-refractivity contribution in [3.05, 3.63) is 41.7 Å². The minimum absolute atomic E-state index is 0. The van der Waals surface area contributed by atoms with Crippen LogP contribution in [0.25, 0.3) is 11.4 Å². The zero-order valence-corrected chi connectivity index (χ0v) is 12.3. The van der Waals surface area contributed by atoms with Gasteiger partial charge in [0.05, 0.1) is 19.7 Å². The number of rotatable bonds is 1. The third-order valence-corrected chi connectivity index (χ3v) is 3.20. The highest BCUT2D eigenvalue weighted by Gasteiger charge is 2.21. The highest BCUT2D eigenvalue weighted by Crippen LogP contribution is 2.17. The van der Waals surface area contributed by atoms with Crippen molar-refractivity contribution in [2.24, 2.45) is 14.1 Å². The van der Waals surface area contributed by atoms with Gasteiger partial charge in [0.2, 0.25) is 0 Å². The molecule has 0 unspecified atom stereocenters. The molecule has 0 N–H and O–H groups in total. The first-order valence-electron chi connectivity index (χ1n) is 5.20. The fraction of sp³-hybridized carbons (Fsp3) is 0.308. The zero-order valence-electron chi connectivity index (χ0n) is 10.2. The van der Waals surface area contributed by atoms with Crippen LogP contribution in [0.1, 0.15) is 11.4 Å². The quantitative estimate of drug-likeness (QED) is 0.476. The van der Waals surface area contributed by atoms with E-state index in [-0.39, 0.29) is 24.0 Å². The zero-order chi connectivity index (χ0) is 11.0. The summed E-state index contributed by atoms with van der Waals surface area (Å²) in [6, 6.07) is 10.5. The van der Waals surface area contributed by atoms with Gasteiger partial charge in [-0.2, -0.15) is 0 Å². The number of halogens is 1. The molecular weight excluding hydrogens is 311 g/mol. The number of nitrogens with zero attached hydrogens (tertiary/aromatic N) is 2. The van der Waals surface area contributed by atoms with Crippen molar-refractivity contribution >= 4 is 0 Å². The topological polar surface area (TPSA) is 8.81 Å². The van der Waals surface area contributed by atoms with Gasteiger partial charge < -0.3 is 24.0 Å². The smallest absolute Gasteiger partial charge is 0.288 e. The summed E-state index contributed by atoms with van der Waals surface area (Å²) in [5, 5.41) is 0. The Morgan fingerprint density at radius 2 is 1.62 bits per heavy atom. The van der Waals surface area contributed by atoms with Crippen molar-refractivity contribution in [2.75, 3.05) is 0 Å². The lowest BCUT2D eigenvalue weighted by molar-refractivity contribution is -0.665. The molecule has 1 aromatic heterocycles. The second-order valence-corrected chi connectivity index (χ2v) is 3.98. The Hall–Kier alpha value is -0.840. The fourth-order valence-corrected chi connectivity index (χ4v) is 2.00. The molecule has 0 saturated heterocycles.